The quantitative estimate of drug-likeness (QED) is 0.650. The summed E-state index contributed by atoms with van der Waals surface area (Å²) in [6, 6.07) is 0. The Kier molecular flexibility index (Phi) is 6.16. The number of carbonyl (C=O) groups excluding carboxylic acids is 1. The van der Waals surface area contributed by atoms with E-state index in [0.717, 1.165) is 19.4 Å². The molecule has 3 nitrogen and oxygen atoms in total. The van der Waals surface area contributed by atoms with Crippen molar-refractivity contribution in [3.8, 4) is 0 Å². The summed E-state index contributed by atoms with van der Waals surface area (Å²) in [4.78, 5) is 11.6. The van der Waals surface area contributed by atoms with Crippen LogP contribution < -0.4 is 11.1 Å². The molecule has 0 aliphatic heterocycles. The normalized spacial score (nSPS) is 17.0. The topological polar surface area (TPSA) is 55.1 Å². The fraction of sp³-hybridized carbons (Fsp3) is 0.769. The Morgan fingerprint density at radius 1 is 1.62 bits per heavy atom. The molecule has 0 saturated carbocycles. The molecule has 0 radical (unpaired) electrons. The van der Waals surface area contributed by atoms with Crippen molar-refractivity contribution in [1.29, 1.82) is 0 Å². The summed E-state index contributed by atoms with van der Waals surface area (Å²) in [5.41, 5.74) is 7.08. The highest BCUT2D eigenvalue weighted by Gasteiger charge is 2.10. The monoisotopic (exact) mass is 224 g/mol. The number of nitrogens with one attached hydrogen (secondary N) is 1. The van der Waals surface area contributed by atoms with Crippen molar-refractivity contribution in [2.45, 2.75) is 45.4 Å². The lowest BCUT2D eigenvalue weighted by Gasteiger charge is -2.12. The minimum Gasteiger partial charge on any atom is -0.356 e. The lowest BCUT2D eigenvalue weighted by atomic mass is 10.0. The van der Waals surface area contributed by atoms with Crippen LogP contribution in [-0.2, 0) is 4.79 Å². The molecule has 0 fully saturated rings. The predicted molar refractivity (Wildman–Crippen MR) is 67.0 cm³/mol. The van der Waals surface area contributed by atoms with E-state index >= 15 is 0 Å². The molecule has 0 aromatic heterocycles. The second-order valence-electron chi connectivity index (χ2n) is 4.57. The zero-order valence-electron chi connectivity index (χ0n) is 10.3. The van der Waals surface area contributed by atoms with Gasteiger partial charge in [0.1, 0.15) is 0 Å². The minimum atomic E-state index is 0.149. The summed E-state index contributed by atoms with van der Waals surface area (Å²) in [6.07, 6.45) is 8.60. The molecule has 0 aromatic carbocycles. The van der Waals surface area contributed by atoms with Gasteiger partial charge in [-0.2, -0.15) is 0 Å². The van der Waals surface area contributed by atoms with Crippen LogP contribution in [0, 0.1) is 5.92 Å². The molecule has 3 heteroatoms. The van der Waals surface area contributed by atoms with E-state index in [1.807, 2.05) is 0 Å². The van der Waals surface area contributed by atoms with Crippen molar-refractivity contribution in [3.63, 3.8) is 0 Å². The first-order valence-corrected chi connectivity index (χ1v) is 6.41. The SMILES string of the molecule is CCC(CN)CC(=O)NCCC1=CCCC1. The van der Waals surface area contributed by atoms with Gasteiger partial charge in [0.05, 0.1) is 0 Å². The van der Waals surface area contributed by atoms with Crippen LogP contribution in [0.3, 0.4) is 0 Å². The molecule has 3 N–H and O–H groups in total. The van der Waals surface area contributed by atoms with Crippen LogP contribution in [0.25, 0.3) is 0 Å². The molecule has 1 rings (SSSR count). The maximum Gasteiger partial charge on any atom is 0.220 e. The van der Waals surface area contributed by atoms with E-state index in [4.69, 9.17) is 5.73 Å². The fourth-order valence-corrected chi connectivity index (χ4v) is 2.06. The van der Waals surface area contributed by atoms with Gasteiger partial charge in [-0.05, 0) is 38.1 Å². The van der Waals surface area contributed by atoms with Crippen molar-refractivity contribution >= 4 is 5.91 Å². The van der Waals surface area contributed by atoms with Gasteiger partial charge in [-0.3, -0.25) is 4.79 Å². The van der Waals surface area contributed by atoms with E-state index in [9.17, 15) is 4.79 Å². The third kappa shape index (κ3) is 4.79. The third-order valence-corrected chi connectivity index (χ3v) is 3.29. The third-order valence-electron chi connectivity index (χ3n) is 3.29. The first-order chi connectivity index (χ1) is 7.76. The van der Waals surface area contributed by atoms with Gasteiger partial charge >= 0.3 is 0 Å². The summed E-state index contributed by atoms with van der Waals surface area (Å²) in [6.45, 7) is 3.47. The van der Waals surface area contributed by atoms with Crippen LogP contribution in [-0.4, -0.2) is 19.0 Å². The van der Waals surface area contributed by atoms with Crippen LogP contribution in [0.5, 0.6) is 0 Å². The van der Waals surface area contributed by atoms with Gasteiger partial charge in [-0.1, -0.05) is 25.0 Å². The number of nitrogens with two attached hydrogens (primary N) is 1. The molecule has 0 aromatic rings. The average Bonchev–Trinajstić information content (AvgIpc) is 2.79. The number of amides is 1. The van der Waals surface area contributed by atoms with Crippen LogP contribution in [0.2, 0.25) is 0 Å². The van der Waals surface area contributed by atoms with Crippen LogP contribution in [0.1, 0.15) is 45.4 Å². The van der Waals surface area contributed by atoms with Gasteiger partial charge in [0.25, 0.3) is 0 Å². The largest absolute Gasteiger partial charge is 0.356 e. The van der Waals surface area contributed by atoms with Gasteiger partial charge in [-0.25, -0.2) is 0 Å². The molecule has 1 unspecified atom stereocenters. The zero-order chi connectivity index (χ0) is 11.8. The molecule has 92 valence electrons. The van der Waals surface area contributed by atoms with Crippen molar-refractivity contribution in [1.82, 2.24) is 5.32 Å². The summed E-state index contributed by atoms with van der Waals surface area (Å²) < 4.78 is 0. The Hall–Kier alpha value is -0.830. The van der Waals surface area contributed by atoms with Crippen molar-refractivity contribution in [2.24, 2.45) is 11.7 Å². The van der Waals surface area contributed by atoms with E-state index in [1.165, 1.54) is 24.8 Å². The van der Waals surface area contributed by atoms with E-state index < -0.39 is 0 Å². The summed E-state index contributed by atoms with van der Waals surface area (Å²) in [5, 5.41) is 2.97. The smallest absolute Gasteiger partial charge is 0.220 e. The number of rotatable bonds is 7. The highest BCUT2D eigenvalue weighted by atomic mass is 16.1. The van der Waals surface area contributed by atoms with Crippen LogP contribution in [0.15, 0.2) is 11.6 Å². The molecular weight excluding hydrogens is 200 g/mol. The maximum absolute atomic E-state index is 11.6. The predicted octanol–water partition coefficient (Wildman–Crippen LogP) is 1.98. The summed E-state index contributed by atoms with van der Waals surface area (Å²) >= 11 is 0. The number of hydrogen-bond acceptors (Lipinski definition) is 2. The van der Waals surface area contributed by atoms with E-state index in [2.05, 4.69) is 18.3 Å². The molecular formula is C13H24N2O. The van der Waals surface area contributed by atoms with E-state index in [-0.39, 0.29) is 5.91 Å². The Bertz CT molecular complexity index is 244. The van der Waals surface area contributed by atoms with Gasteiger partial charge in [-0.15, -0.1) is 0 Å². The Morgan fingerprint density at radius 3 is 3.00 bits per heavy atom. The standard InChI is InChI=1S/C13H24N2O/c1-2-11(10-14)9-13(16)15-8-7-12-5-3-4-6-12/h5,11H,2-4,6-10,14H2,1H3,(H,15,16). The zero-order valence-corrected chi connectivity index (χ0v) is 10.3. The van der Waals surface area contributed by atoms with Gasteiger partial charge in [0.15, 0.2) is 0 Å². The summed E-state index contributed by atoms with van der Waals surface area (Å²) in [5.74, 6) is 0.488. The average molecular weight is 224 g/mol. The van der Waals surface area contributed by atoms with Gasteiger partial charge in [0, 0.05) is 13.0 Å². The molecule has 0 saturated heterocycles. The molecule has 16 heavy (non-hydrogen) atoms. The van der Waals surface area contributed by atoms with Crippen LogP contribution >= 0.6 is 0 Å². The van der Waals surface area contributed by atoms with Gasteiger partial charge < -0.3 is 11.1 Å². The highest BCUT2D eigenvalue weighted by molar-refractivity contribution is 5.76. The molecule has 1 amide bonds. The van der Waals surface area contributed by atoms with Gasteiger partial charge in [0.2, 0.25) is 5.91 Å². The van der Waals surface area contributed by atoms with Crippen molar-refractivity contribution < 1.29 is 4.79 Å². The van der Waals surface area contributed by atoms with Crippen molar-refractivity contribution in [3.05, 3.63) is 11.6 Å². The molecule has 1 aliphatic rings. The molecule has 0 bridgehead atoms. The Morgan fingerprint density at radius 2 is 2.44 bits per heavy atom. The highest BCUT2D eigenvalue weighted by Crippen LogP contribution is 2.19. The molecule has 1 atom stereocenters. The number of allylic oxidation sites excluding steroid dienone is 1. The number of hydrogen-bond donors (Lipinski definition) is 2. The first kappa shape index (κ1) is 13.2. The minimum absolute atomic E-state index is 0.149. The maximum atomic E-state index is 11.6. The lowest BCUT2D eigenvalue weighted by molar-refractivity contribution is -0.121. The summed E-state index contributed by atoms with van der Waals surface area (Å²) in [7, 11) is 0. The lowest BCUT2D eigenvalue weighted by Crippen LogP contribution is -2.28. The molecule has 1 aliphatic carbocycles. The second-order valence-corrected chi connectivity index (χ2v) is 4.57. The van der Waals surface area contributed by atoms with Crippen LogP contribution in [0.4, 0.5) is 0 Å². The Balaban J connectivity index is 2.09. The second kappa shape index (κ2) is 7.44. The van der Waals surface area contributed by atoms with E-state index in [1.54, 1.807) is 0 Å². The molecule has 0 spiro atoms. The molecule has 0 heterocycles. The fourth-order valence-electron chi connectivity index (χ4n) is 2.06. The Labute approximate surface area is 98.5 Å². The van der Waals surface area contributed by atoms with E-state index in [0.29, 0.717) is 18.9 Å². The first-order valence-electron chi connectivity index (χ1n) is 6.41. The number of carbonyl (C=O) groups is 1. The van der Waals surface area contributed by atoms with Crippen molar-refractivity contribution in [2.75, 3.05) is 13.1 Å².